The standard InChI is InChI=1S/C17H20N2O5/c20-15-10-24-14-5-4-12(8-13(14)18-15)17(23)19-7-1-2-11(9-19)3-6-16(21)22/h4-5,8,11H,1-3,6-7,9-10H2,(H,18,20)(H,21,22)/t11-/m1/s1. The van der Waals surface area contributed by atoms with Gasteiger partial charge in [0.2, 0.25) is 0 Å². The number of anilines is 1. The van der Waals surface area contributed by atoms with Gasteiger partial charge in [-0.2, -0.15) is 0 Å². The first kappa shape index (κ1) is 16.3. The van der Waals surface area contributed by atoms with Gasteiger partial charge in [-0.15, -0.1) is 0 Å². The van der Waals surface area contributed by atoms with Crippen LogP contribution in [0.25, 0.3) is 0 Å². The minimum absolute atomic E-state index is 0.0162. The molecular formula is C17H20N2O5. The van der Waals surface area contributed by atoms with Gasteiger partial charge in [0, 0.05) is 25.1 Å². The first-order valence-electron chi connectivity index (χ1n) is 8.10. The molecule has 1 aromatic carbocycles. The van der Waals surface area contributed by atoms with Gasteiger partial charge in [0.1, 0.15) is 5.75 Å². The number of piperidine rings is 1. The van der Waals surface area contributed by atoms with Gasteiger partial charge in [-0.25, -0.2) is 0 Å². The lowest BCUT2D eigenvalue weighted by Crippen LogP contribution is -2.40. The third kappa shape index (κ3) is 3.67. The van der Waals surface area contributed by atoms with Crippen LogP contribution in [0.5, 0.6) is 5.75 Å². The molecule has 128 valence electrons. The Labute approximate surface area is 139 Å². The Balaban J connectivity index is 1.68. The van der Waals surface area contributed by atoms with E-state index in [1.165, 1.54) is 0 Å². The minimum Gasteiger partial charge on any atom is -0.482 e. The highest BCUT2D eigenvalue weighted by Crippen LogP contribution is 2.30. The fraction of sp³-hybridized carbons (Fsp3) is 0.471. The fourth-order valence-corrected chi connectivity index (χ4v) is 3.21. The Bertz CT molecular complexity index is 673. The average molecular weight is 332 g/mol. The molecule has 0 aromatic heterocycles. The molecule has 7 heteroatoms. The summed E-state index contributed by atoms with van der Waals surface area (Å²) in [5, 5.41) is 11.5. The highest BCUT2D eigenvalue weighted by molar-refractivity contribution is 5.99. The lowest BCUT2D eigenvalue weighted by molar-refractivity contribution is -0.137. The molecular weight excluding hydrogens is 312 g/mol. The topological polar surface area (TPSA) is 95.9 Å². The highest BCUT2D eigenvalue weighted by atomic mass is 16.5. The number of likely N-dealkylation sites (tertiary alicyclic amines) is 1. The molecule has 0 bridgehead atoms. The number of carbonyl (C=O) groups is 3. The second-order valence-corrected chi connectivity index (χ2v) is 6.24. The predicted molar refractivity (Wildman–Crippen MR) is 86.1 cm³/mol. The number of aliphatic carboxylic acids is 1. The number of carboxylic acids is 1. The molecule has 24 heavy (non-hydrogen) atoms. The summed E-state index contributed by atoms with van der Waals surface area (Å²) in [5.74, 6) is -0.357. The van der Waals surface area contributed by atoms with Gasteiger partial charge in [-0.3, -0.25) is 14.4 Å². The van der Waals surface area contributed by atoms with Crippen molar-refractivity contribution in [2.45, 2.75) is 25.7 Å². The highest BCUT2D eigenvalue weighted by Gasteiger charge is 2.26. The van der Waals surface area contributed by atoms with Gasteiger partial charge in [-0.05, 0) is 43.4 Å². The van der Waals surface area contributed by atoms with Crippen molar-refractivity contribution in [2.75, 3.05) is 25.0 Å². The summed E-state index contributed by atoms with van der Waals surface area (Å²) in [6.45, 7) is 1.23. The van der Waals surface area contributed by atoms with Gasteiger partial charge >= 0.3 is 5.97 Å². The Hall–Kier alpha value is -2.57. The molecule has 2 amide bonds. The van der Waals surface area contributed by atoms with Crippen molar-refractivity contribution < 1.29 is 24.2 Å². The lowest BCUT2D eigenvalue weighted by Gasteiger charge is -2.33. The molecule has 2 aliphatic rings. The minimum atomic E-state index is -0.802. The van der Waals surface area contributed by atoms with Crippen LogP contribution in [0.3, 0.4) is 0 Å². The number of nitrogens with zero attached hydrogens (tertiary/aromatic N) is 1. The number of hydrogen-bond acceptors (Lipinski definition) is 4. The number of benzene rings is 1. The number of carbonyl (C=O) groups excluding carboxylic acids is 2. The summed E-state index contributed by atoms with van der Waals surface area (Å²) in [6, 6.07) is 5.02. The summed E-state index contributed by atoms with van der Waals surface area (Å²) >= 11 is 0. The van der Waals surface area contributed by atoms with Crippen LogP contribution in [-0.2, 0) is 9.59 Å². The molecule has 2 N–H and O–H groups in total. The molecule has 1 atom stereocenters. The van der Waals surface area contributed by atoms with Gasteiger partial charge in [0.15, 0.2) is 6.61 Å². The van der Waals surface area contributed by atoms with E-state index in [9.17, 15) is 14.4 Å². The third-order valence-corrected chi connectivity index (χ3v) is 4.43. The molecule has 1 aromatic rings. The van der Waals surface area contributed by atoms with Gasteiger partial charge < -0.3 is 20.1 Å². The molecule has 0 saturated carbocycles. The Morgan fingerprint density at radius 1 is 1.38 bits per heavy atom. The normalized spacial score (nSPS) is 19.9. The van der Waals surface area contributed by atoms with Gasteiger partial charge in [-0.1, -0.05) is 0 Å². The van der Waals surface area contributed by atoms with E-state index in [1.807, 2.05) is 0 Å². The van der Waals surface area contributed by atoms with Crippen LogP contribution >= 0.6 is 0 Å². The first-order valence-corrected chi connectivity index (χ1v) is 8.10. The van der Waals surface area contributed by atoms with Crippen molar-refractivity contribution in [3.63, 3.8) is 0 Å². The third-order valence-electron chi connectivity index (χ3n) is 4.43. The van der Waals surface area contributed by atoms with Crippen molar-refractivity contribution in [3.8, 4) is 5.75 Å². The van der Waals surface area contributed by atoms with Gasteiger partial charge in [0.05, 0.1) is 5.69 Å². The zero-order chi connectivity index (χ0) is 17.1. The molecule has 2 heterocycles. The number of hydrogen-bond donors (Lipinski definition) is 2. The monoisotopic (exact) mass is 332 g/mol. The van der Waals surface area contributed by atoms with Crippen molar-refractivity contribution in [1.29, 1.82) is 0 Å². The van der Waals surface area contributed by atoms with Crippen molar-refractivity contribution in [3.05, 3.63) is 23.8 Å². The second-order valence-electron chi connectivity index (χ2n) is 6.24. The van der Waals surface area contributed by atoms with Crippen LogP contribution in [0.4, 0.5) is 5.69 Å². The molecule has 3 rings (SSSR count). The van der Waals surface area contributed by atoms with Crippen LogP contribution in [0.15, 0.2) is 18.2 Å². The molecule has 0 radical (unpaired) electrons. The molecule has 0 aliphatic carbocycles. The van der Waals surface area contributed by atoms with E-state index in [1.54, 1.807) is 23.1 Å². The fourth-order valence-electron chi connectivity index (χ4n) is 3.21. The average Bonchev–Trinajstić information content (AvgIpc) is 2.59. The second kappa shape index (κ2) is 6.90. The predicted octanol–water partition coefficient (Wildman–Crippen LogP) is 1.73. The summed E-state index contributed by atoms with van der Waals surface area (Å²) in [4.78, 5) is 36.6. The SMILES string of the molecule is O=C(O)CC[C@H]1CCCN(C(=O)c2ccc3c(c2)NC(=O)CO3)C1. The number of rotatable bonds is 4. The molecule has 2 aliphatic heterocycles. The summed E-state index contributed by atoms with van der Waals surface area (Å²) < 4.78 is 5.29. The van der Waals surface area contributed by atoms with Gasteiger partial charge in [0.25, 0.3) is 11.8 Å². The van der Waals surface area contributed by atoms with Crippen LogP contribution < -0.4 is 10.1 Å². The van der Waals surface area contributed by atoms with E-state index < -0.39 is 5.97 Å². The summed E-state index contributed by atoms with van der Waals surface area (Å²) in [6.07, 6.45) is 2.55. The van der Waals surface area contributed by atoms with Crippen LogP contribution in [-0.4, -0.2) is 47.5 Å². The molecule has 7 nitrogen and oxygen atoms in total. The zero-order valence-electron chi connectivity index (χ0n) is 13.3. The van der Waals surface area contributed by atoms with Crippen molar-refractivity contribution in [2.24, 2.45) is 5.92 Å². The van der Waals surface area contributed by atoms with Crippen molar-refractivity contribution >= 4 is 23.5 Å². The van der Waals surface area contributed by atoms with E-state index in [0.717, 1.165) is 12.8 Å². The lowest BCUT2D eigenvalue weighted by atomic mass is 9.93. The van der Waals surface area contributed by atoms with Crippen molar-refractivity contribution in [1.82, 2.24) is 4.90 Å². The Morgan fingerprint density at radius 3 is 3.00 bits per heavy atom. The van der Waals surface area contributed by atoms with Crippen LogP contribution in [0.2, 0.25) is 0 Å². The molecule has 0 unspecified atom stereocenters. The maximum atomic E-state index is 12.7. The Kier molecular flexibility index (Phi) is 4.69. The van der Waals surface area contributed by atoms with Crippen LogP contribution in [0.1, 0.15) is 36.0 Å². The van der Waals surface area contributed by atoms with E-state index in [4.69, 9.17) is 9.84 Å². The number of fused-ring (bicyclic) bond motifs is 1. The molecule has 1 saturated heterocycles. The number of amides is 2. The number of ether oxygens (including phenoxy) is 1. The quantitative estimate of drug-likeness (QED) is 0.875. The maximum absolute atomic E-state index is 12.7. The summed E-state index contributed by atoms with van der Waals surface area (Å²) in [7, 11) is 0. The Morgan fingerprint density at radius 2 is 2.21 bits per heavy atom. The first-order chi connectivity index (χ1) is 11.5. The zero-order valence-corrected chi connectivity index (χ0v) is 13.3. The smallest absolute Gasteiger partial charge is 0.303 e. The number of carboxylic acid groups (broad SMARTS) is 1. The molecule has 1 fully saturated rings. The summed E-state index contributed by atoms with van der Waals surface area (Å²) in [5.41, 5.74) is 1.01. The largest absolute Gasteiger partial charge is 0.482 e. The van der Waals surface area contributed by atoms with Crippen LogP contribution in [0, 0.1) is 5.92 Å². The number of nitrogens with one attached hydrogen (secondary N) is 1. The maximum Gasteiger partial charge on any atom is 0.303 e. The van der Waals surface area contributed by atoms with E-state index in [0.29, 0.717) is 36.5 Å². The van der Waals surface area contributed by atoms with E-state index in [-0.39, 0.29) is 30.8 Å². The molecule has 0 spiro atoms. The van der Waals surface area contributed by atoms with E-state index in [2.05, 4.69) is 5.32 Å². The van der Waals surface area contributed by atoms with E-state index >= 15 is 0 Å².